The number of epoxide rings is 1. The molecule has 4 atom stereocenters. The Kier molecular flexibility index (Phi) is 11.6. The fraction of sp³-hybridized carbons (Fsp3) is 0.600. The molecule has 1 aliphatic rings. The molecule has 0 bridgehead atoms. The highest BCUT2D eigenvalue weighted by Gasteiger charge is 2.50. The summed E-state index contributed by atoms with van der Waals surface area (Å²) in [5.41, 5.74) is 6.17. The predicted octanol–water partition coefficient (Wildman–Crippen LogP) is -0.128. The van der Waals surface area contributed by atoms with Crippen LogP contribution in [0.3, 0.4) is 0 Å². The Balaban J connectivity index is 1.89. The number of aliphatic hydroxyl groups is 1. The average Bonchev–Trinajstić information content (AvgIpc) is 3.62. The van der Waals surface area contributed by atoms with Crippen molar-refractivity contribution >= 4 is 23.6 Å². The molecule has 200 valence electrons. The van der Waals surface area contributed by atoms with E-state index in [9.17, 15) is 24.3 Å². The Morgan fingerprint density at radius 2 is 1.58 bits per heavy atom. The molecule has 1 aliphatic heterocycles. The zero-order chi connectivity index (χ0) is 26.7. The van der Waals surface area contributed by atoms with Crippen molar-refractivity contribution in [3.8, 4) is 5.75 Å². The van der Waals surface area contributed by atoms with E-state index < -0.39 is 42.0 Å². The molecule has 1 unspecified atom stereocenters. The first-order valence-electron chi connectivity index (χ1n) is 12.3. The lowest BCUT2D eigenvalue weighted by Gasteiger charge is -2.23. The summed E-state index contributed by atoms with van der Waals surface area (Å²) >= 11 is 0. The molecule has 11 heteroatoms. The van der Waals surface area contributed by atoms with Gasteiger partial charge in [-0.15, -0.1) is 0 Å². The van der Waals surface area contributed by atoms with Crippen molar-refractivity contribution < 1.29 is 34.1 Å². The molecule has 0 saturated carbocycles. The SMILES string of the molecule is CC(C)C[C@H](NC(=O)C1O[C@H]1C(=O)NCCCCCCO)C(=O)N[C@@H](Cc1ccc(O)cc1)C(N)=O. The van der Waals surface area contributed by atoms with Crippen LogP contribution < -0.4 is 21.7 Å². The van der Waals surface area contributed by atoms with E-state index in [0.29, 0.717) is 18.5 Å². The Morgan fingerprint density at radius 3 is 2.19 bits per heavy atom. The highest BCUT2D eigenvalue weighted by atomic mass is 16.6. The van der Waals surface area contributed by atoms with Crippen molar-refractivity contribution in [1.82, 2.24) is 16.0 Å². The Morgan fingerprint density at radius 1 is 0.944 bits per heavy atom. The molecule has 1 fully saturated rings. The molecule has 1 aromatic rings. The van der Waals surface area contributed by atoms with E-state index in [1.165, 1.54) is 12.1 Å². The van der Waals surface area contributed by atoms with Gasteiger partial charge in [-0.1, -0.05) is 38.8 Å². The van der Waals surface area contributed by atoms with Crippen molar-refractivity contribution in [1.29, 1.82) is 0 Å². The summed E-state index contributed by atoms with van der Waals surface area (Å²) in [5, 5.41) is 26.2. The summed E-state index contributed by atoms with van der Waals surface area (Å²) in [5.74, 6) is -2.13. The van der Waals surface area contributed by atoms with Gasteiger partial charge in [0.05, 0.1) is 0 Å². The van der Waals surface area contributed by atoms with Crippen LogP contribution in [0.5, 0.6) is 5.75 Å². The van der Waals surface area contributed by atoms with Gasteiger partial charge in [0.2, 0.25) is 11.8 Å². The maximum atomic E-state index is 13.0. The second-order valence-electron chi connectivity index (χ2n) is 9.43. The number of unbranched alkanes of at least 4 members (excludes halogenated alkanes) is 3. The smallest absolute Gasteiger partial charge is 0.253 e. The number of primary amides is 1. The fourth-order valence-electron chi connectivity index (χ4n) is 3.73. The van der Waals surface area contributed by atoms with Gasteiger partial charge in [0.25, 0.3) is 11.8 Å². The van der Waals surface area contributed by atoms with Gasteiger partial charge in [0, 0.05) is 19.6 Å². The molecule has 0 aromatic heterocycles. The van der Waals surface area contributed by atoms with E-state index in [-0.39, 0.29) is 30.6 Å². The lowest BCUT2D eigenvalue weighted by atomic mass is 10.0. The van der Waals surface area contributed by atoms with Gasteiger partial charge >= 0.3 is 0 Å². The van der Waals surface area contributed by atoms with E-state index in [1.807, 2.05) is 13.8 Å². The number of aliphatic hydroxyl groups excluding tert-OH is 1. The number of phenolic OH excluding ortho intramolecular Hbond substituents is 1. The Bertz CT molecular complexity index is 891. The second kappa shape index (κ2) is 14.4. The van der Waals surface area contributed by atoms with Gasteiger partial charge in [0.1, 0.15) is 17.8 Å². The van der Waals surface area contributed by atoms with Crippen LogP contribution in [-0.2, 0) is 30.3 Å². The maximum absolute atomic E-state index is 13.0. The molecule has 1 heterocycles. The van der Waals surface area contributed by atoms with Gasteiger partial charge in [-0.3, -0.25) is 19.2 Å². The predicted molar refractivity (Wildman–Crippen MR) is 132 cm³/mol. The number of carbonyl (C=O) groups is 4. The van der Waals surface area contributed by atoms with Crippen molar-refractivity contribution in [3.05, 3.63) is 29.8 Å². The summed E-state index contributed by atoms with van der Waals surface area (Å²) in [6, 6.07) is 4.22. The molecule has 0 spiro atoms. The minimum Gasteiger partial charge on any atom is -0.508 e. The zero-order valence-corrected chi connectivity index (χ0v) is 20.9. The topological polar surface area (TPSA) is 183 Å². The summed E-state index contributed by atoms with van der Waals surface area (Å²) in [6.07, 6.45) is 1.78. The Labute approximate surface area is 211 Å². The van der Waals surface area contributed by atoms with Crippen molar-refractivity contribution in [2.24, 2.45) is 11.7 Å². The van der Waals surface area contributed by atoms with Crippen LogP contribution in [0.15, 0.2) is 24.3 Å². The van der Waals surface area contributed by atoms with Crippen LogP contribution in [-0.4, -0.2) is 71.3 Å². The highest BCUT2D eigenvalue weighted by Crippen LogP contribution is 2.23. The largest absolute Gasteiger partial charge is 0.508 e. The van der Waals surface area contributed by atoms with E-state index in [0.717, 1.165) is 25.7 Å². The number of hydrogen-bond donors (Lipinski definition) is 6. The van der Waals surface area contributed by atoms with Crippen LogP contribution in [0.1, 0.15) is 51.5 Å². The van der Waals surface area contributed by atoms with Crippen LogP contribution in [0, 0.1) is 5.92 Å². The van der Waals surface area contributed by atoms with Crippen molar-refractivity contribution in [3.63, 3.8) is 0 Å². The van der Waals surface area contributed by atoms with Crippen LogP contribution in [0.4, 0.5) is 0 Å². The Hall–Kier alpha value is -3.18. The van der Waals surface area contributed by atoms with Gasteiger partial charge in [0.15, 0.2) is 12.2 Å². The van der Waals surface area contributed by atoms with Gasteiger partial charge in [-0.2, -0.15) is 0 Å². The first-order valence-corrected chi connectivity index (χ1v) is 12.3. The third-order valence-electron chi connectivity index (χ3n) is 5.77. The number of amides is 4. The normalized spacial score (nSPS) is 18.2. The molecule has 0 aliphatic carbocycles. The fourth-order valence-corrected chi connectivity index (χ4v) is 3.73. The maximum Gasteiger partial charge on any atom is 0.253 e. The summed E-state index contributed by atoms with van der Waals surface area (Å²) < 4.78 is 5.25. The molecule has 36 heavy (non-hydrogen) atoms. The van der Waals surface area contributed by atoms with Crippen LogP contribution in [0.2, 0.25) is 0 Å². The summed E-state index contributed by atoms with van der Waals surface area (Å²) in [6.45, 7) is 4.38. The van der Waals surface area contributed by atoms with Gasteiger partial charge in [-0.25, -0.2) is 0 Å². The van der Waals surface area contributed by atoms with Gasteiger partial charge in [-0.05, 0) is 42.9 Å². The van der Waals surface area contributed by atoms with Crippen molar-refractivity contribution in [2.45, 2.75) is 76.7 Å². The number of aromatic hydroxyl groups is 1. The van der Waals surface area contributed by atoms with E-state index >= 15 is 0 Å². The number of rotatable bonds is 16. The molecular weight excluding hydrogens is 468 g/mol. The summed E-state index contributed by atoms with van der Waals surface area (Å²) in [7, 11) is 0. The third kappa shape index (κ3) is 9.82. The van der Waals surface area contributed by atoms with Crippen LogP contribution >= 0.6 is 0 Å². The standard InChI is InChI=1S/C25H38N4O7/c1-15(2)13-19(23(33)28-18(22(26)32)14-16-7-9-17(31)10-8-16)29-25(35)21-20(36-21)24(34)27-11-5-3-4-6-12-30/h7-10,15,18-21,30-31H,3-6,11-14H2,1-2H3,(H2,26,32)(H,27,34)(H,28,33)(H,29,35)/t18-,19-,20+,21?/m0/s1. The highest BCUT2D eigenvalue weighted by molar-refractivity contribution is 5.97. The van der Waals surface area contributed by atoms with E-state index in [2.05, 4.69) is 16.0 Å². The molecule has 11 nitrogen and oxygen atoms in total. The number of ether oxygens (including phenoxy) is 1. The quantitative estimate of drug-likeness (QED) is 0.133. The summed E-state index contributed by atoms with van der Waals surface area (Å²) in [4.78, 5) is 49.8. The third-order valence-corrected chi connectivity index (χ3v) is 5.77. The number of phenols is 1. The first-order chi connectivity index (χ1) is 17.1. The molecule has 0 radical (unpaired) electrons. The number of benzene rings is 1. The van der Waals surface area contributed by atoms with E-state index in [1.54, 1.807) is 12.1 Å². The molecule has 7 N–H and O–H groups in total. The number of nitrogens with one attached hydrogen (secondary N) is 3. The van der Waals surface area contributed by atoms with E-state index in [4.69, 9.17) is 15.6 Å². The molecular formula is C25H38N4O7. The molecule has 2 rings (SSSR count). The molecule has 1 aromatic carbocycles. The second-order valence-corrected chi connectivity index (χ2v) is 9.43. The minimum absolute atomic E-state index is 0.0511. The van der Waals surface area contributed by atoms with Crippen molar-refractivity contribution in [2.75, 3.05) is 13.2 Å². The monoisotopic (exact) mass is 506 g/mol. The molecule has 4 amide bonds. The van der Waals surface area contributed by atoms with Crippen LogP contribution in [0.25, 0.3) is 0 Å². The zero-order valence-electron chi connectivity index (χ0n) is 20.9. The lowest BCUT2D eigenvalue weighted by molar-refractivity contribution is -0.132. The minimum atomic E-state index is -1.01. The lowest BCUT2D eigenvalue weighted by Crippen LogP contribution is -2.54. The van der Waals surface area contributed by atoms with Gasteiger partial charge < -0.3 is 36.6 Å². The average molecular weight is 507 g/mol. The molecule has 1 saturated heterocycles. The number of carbonyl (C=O) groups excluding carboxylic acids is 4. The first kappa shape index (κ1) is 29.1. The number of nitrogens with two attached hydrogens (primary N) is 1. The number of hydrogen-bond acceptors (Lipinski definition) is 7.